The van der Waals surface area contributed by atoms with Crippen LogP contribution in [0.3, 0.4) is 0 Å². The van der Waals surface area contributed by atoms with Crippen molar-refractivity contribution in [3.8, 4) is 0 Å². The molecule has 3 rings (SSSR count). The van der Waals surface area contributed by atoms with Gasteiger partial charge in [0, 0.05) is 12.0 Å². The minimum atomic E-state index is -4.50. The standard InChI is InChI=1S/C21H21F4NO2/c1-4-28-20(27)16-9-13-14(11-19(26(2)3)15(13)10-18(16)22)12-7-5-6-8-17(12)21(23,24)25/h5-10,14,19H,4,11H2,1-3H3/t14-,19-/m1/s1. The first kappa shape index (κ1) is 20.3. The number of alkyl halides is 3. The molecule has 2 atom stereocenters. The van der Waals surface area contributed by atoms with Crippen LogP contribution in [0.1, 0.15) is 57.9 Å². The Hall–Kier alpha value is -2.41. The van der Waals surface area contributed by atoms with Gasteiger partial charge in [0.2, 0.25) is 0 Å². The maximum atomic E-state index is 14.6. The Bertz CT molecular complexity index is 892. The van der Waals surface area contributed by atoms with Gasteiger partial charge in [-0.25, -0.2) is 9.18 Å². The van der Waals surface area contributed by atoms with Crippen molar-refractivity contribution in [3.63, 3.8) is 0 Å². The first-order valence-electron chi connectivity index (χ1n) is 8.98. The molecule has 0 aromatic heterocycles. The lowest BCUT2D eigenvalue weighted by atomic mass is 9.88. The minimum absolute atomic E-state index is 0.0794. The number of fused-ring (bicyclic) bond motifs is 1. The summed E-state index contributed by atoms with van der Waals surface area (Å²) >= 11 is 0. The molecule has 3 nitrogen and oxygen atoms in total. The number of hydrogen-bond donors (Lipinski definition) is 0. The predicted octanol–water partition coefficient (Wildman–Crippen LogP) is 5.16. The van der Waals surface area contributed by atoms with Gasteiger partial charge in [-0.2, -0.15) is 13.2 Å². The lowest BCUT2D eigenvalue weighted by molar-refractivity contribution is -0.138. The monoisotopic (exact) mass is 395 g/mol. The van der Waals surface area contributed by atoms with Crippen LogP contribution in [0.25, 0.3) is 0 Å². The van der Waals surface area contributed by atoms with Gasteiger partial charge in [0.1, 0.15) is 5.82 Å². The molecule has 0 saturated carbocycles. The molecule has 0 spiro atoms. The third kappa shape index (κ3) is 3.63. The zero-order chi connectivity index (χ0) is 20.6. The fourth-order valence-corrected chi connectivity index (χ4v) is 3.88. The smallest absolute Gasteiger partial charge is 0.416 e. The molecule has 0 bridgehead atoms. The van der Waals surface area contributed by atoms with Crippen LogP contribution >= 0.6 is 0 Å². The molecule has 150 valence electrons. The zero-order valence-corrected chi connectivity index (χ0v) is 15.8. The normalized spacial score (nSPS) is 19.0. The van der Waals surface area contributed by atoms with Crippen LogP contribution in [0.5, 0.6) is 0 Å². The van der Waals surface area contributed by atoms with Crippen LogP contribution in [-0.4, -0.2) is 31.6 Å². The van der Waals surface area contributed by atoms with E-state index in [0.29, 0.717) is 17.5 Å². The van der Waals surface area contributed by atoms with E-state index in [2.05, 4.69) is 0 Å². The summed E-state index contributed by atoms with van der Waals surface area (Å²) in [4.78, 5) is 13.9. The molecule has 28 heavy (non-hydrogen) atoms. The molecule has 0 aliphatic heterocycles. The second kappa shape index (κ2) is 7.54. The van der Waals surface area contributed by atoms with Gasteiger partial charge in [-0.1, -0.05) is 18.2 Å². The first-order valence-corrected chi connectivity index (χ1v) is 8.98. The highest BCUT2D eigenvalue weighted by molar-refractivity contribution is 5.90. The first-order chi connectivity index (χ1) is 13.1. The van der Waals surface area contributed by atoms with Gasteiger partial charge >= 0.3 is 12.1 Å². The van der Waals surface area contributed by atoms with Crippen LogP contribution in [0, 0.1) is 5.82 Å². The van der Waals surface area contributed by atoms with Crippen LogP contribution in [0.15, 0.2) is 36.4 Å². The number of carbonyl (C=O) groups is 1. The van der Waals surface area contributed by atoms with Crippen LogP contribution < -0.4 is 0 Å². The number of nitrogens with zero attached hydrogens (tertiary/aromatic N) is 1. The number of ether oxygens (including phenoxy) is 1. The van der Waals surface area contributed by atoms with Crippen LogP contribution in [-0.2, 0) is 10.9 Å². The Labute approximate surface area is 160 Å². The lowest BCUT2D eigenvalue weighted by Crippen LogP contribution is -2.18. The Morgan fingerprint density at radius 1 is 1.14 bits per heavy atom. The van der Waals surface area contributed by atoms with E-state index in [-0.39, 0.29) is 23.8 Å². The fraction of sp³-hybridized carbons (Fsp3) is 0.381. The van der Waals surface area contributed by atoms with Crippen molar-refractivity contribution in [1.29, 1.82) is 0 Å². The molecule has 0 fully saturated rings. The van der Waals surface area contributed by atoms with Crippen LogP contribution in [0.2, 0.25) is 0 Å². The molecule has 0 amide bonds. The summed E-state index contributed by atoms with van der Waals surface area (Å²) in [7, 11) is 3.59. The summed E-state index contributed by atoms with van der Waals surface area (Å²) in [5.41, 5.74) is 0.279. The lowest BCUT2D eigenvalue weighted by Gasteiger charge is -2.21. The van der Waals surface area contributed by atoms with E-state index < -0.39 is 29.4 Å². The molecular weight excluding hydrogens is 374 g/mol. The second-order valence-electron chi connectivity index (χ2n) is 7.03. The fourth-order valence-electron chi connectivity index (χ4n) is 3.88. The topological polar surface area (TPSA) is 29.5 Å². The largest absolute Gasteiger partial charge is 0.462 e. The molecule has 2 aromatic rings. The molecule has 0 N–H and O–H groups in total. The molecule has 0 saturated heterocycles. The summed E-state index contributed by atoms with van der Waals surface area (Å²) < 4.78 is 60.1. The molecular formula is C21H21F4NO2. The van der Waals surface area contributed by atoms with E-state index in [1.165, 1.54) is 24.3 Å². The highest BCUT2D eigenvalue weighted by Crippen LogP contribution is 2.49. The van der Waals surface area contributed by atoms with E-state index in [1.54, 1.807) is 27.1 Å². The summed E-state index contributed by atoms with van der Waals surface area (Å²) in [6.07, 6.45) is -4.14. The van der Waals surface area contributed by atoms with Gasteiger partial charge in [0.05, 0.1) is 17.7 Å². The maximum Gasteiger partial charge on any atom is 0.416 e. The van der Waals surface area contributed by atoms with E-state index in [0.717, 1.165) is 6.07 Å². The molecule has 2 aromatic carbocycles. The van der Waals surface area contributed by atoms with Gasteiger partial charge in [-0.3, -0.25) is 0 Å². The Balaban J connectivity index is 2.18. The van der Waals surface area contributed by atoms with Crippen molar-refractivity contribution in [2.24, 2.45) is 0 Å². The number of benzene rings is 2. The highest BCUT2D eigenvalue weighted by Gasteiger charge is 2.40. The summed E-state index contributed by atoms with van der Waals surface area (Å²) in [5, 5.41) is 0. The van der Waals surface area contributed by atoms with Crippen molar-refractivity contribution in [1.82, 2.24) is 4.90 Å². The number of esters is 1. The van der Waals surface area contributed by atoms with Crippen molar-refractivity contribution >= 4 is 5.97 Å². The van der Waals surface area contributed by atoms with E-state index in [9.17, 15) is 22.4 Å². The SMILES string of the molecule is CCOC(=O)c1cc2c(cc1F)[C@H](N(C)C)C[C@@H]2c1ccccc1C(F)(F)F. The Kier molecular flexibility index (Phi) is 5.48. The quantitative estimate of drug-likeness (QED) is 0.529. The summed E-state index contributed by atoms with van der Waals surface area (Å²) in [6.45, 7) is 1.68. The highest BCUT2D eigenvalue weighted by atomic mass is 19.4. The third-order valence-corrected chi connectivity index (χ3v) is 5.13. The molecule has 1 aliphatic carbocycles. The number of hydrogen-bond acceptors (Lipinski definition) is 3. The number of rotatable bonds is 4. The van der Waals surface area contributed by atoms with Gasteiger partial charge in [0.15, 0.2) is 0 Å². The number of halogens is 4. The van der Waals surface area contributed by atoms with Crippen LogP contribution in [0.4, 0.5) is 17.6 Å². The van der Waals surface area contributed by atoms with Crippen molar-refractivity contribution in [3.05, 3.63) is 70.0 Å². The van der Waals surface area contributed by atoms with E-state index >= 15 is 0 Å². The van der Waals surface area contributed by atoms with E-state index in [4.69, 9.17) is 4.74 Å². The van der Waals surface area contributed by atoms with Gasteiger partial charge in [-0.15, -0.1) is 0 Å². The van der Waals surface area contributed by atoms with Crippen molar-refractivity contribution in [2.45, 2.75) is 31.5 Å². The molecule has 7 heteroatoms. The molecule has 0 radical (unpaired) electrons. The third-order valence-electron chi connectivity index (χ3n) is 5.13. The average molecular weight is 395 g/mol. The van der Waals surface area contributed by atoms with Gasteiger partial charge in [-0.05, 0) is 62.3 Å². The molecule has 0 heterocycles. The molecule has 0 unspecified atom stereocenters. The second-order valence-corrected chi connectivity index (χ2v) is 7.03. The zero-order valence-electron chi connectivity index (χ0n) is 15.8. The van der Waals surface area contributed by atoms with Crippen molar-refractivity contribution < 1.29 is 27.1 Å². The Morgan fingerprint density at radius 2 is 1.82 bits per heavy atom. The number of carbonyl (C=O) groups excluding carboxylic acids is 1. The predicted molar refractivity (Wildman–Crippen MR) is 96.7 cm³/mol. The minimum Gasteiger partial charge on any atom is -0.462 e. The average Bonchev–Trinajstić information content (AvgIpc) is 2.99. The molecule has 1 aliphatic rings. The summed E-state index contributed by atoms with van der Waals surface area (Å²) in [6, 6.07) is 7.75. The maximum absolute atomic E-state index is 14.6. The van der Waals surface area contributed by atoms with Gasteiger partial charge < -0.3 is 9.64 Å². The van der Waals surface area contributed by atoms with E-state index in [1.807, 2.05) is 4.90 Å². The van der Waals surface area contributed by atoms with Crippen molar-refractivity contribution in [2.75, 3.05) is 20.7 Å². The van der Waals surface area contributed by atoms with Gasteiger partial charge in [0.25, 0.3) is 0 Å². The Morgan fingerprint density at radius 3 is 2.43 bits per heavy atom. The summed E-state index contributed by atoms with van der Waals surface area (Å²) in [5.74, 6) is -2.15.